The Balaban J connectivity index is 1.52. The van der Waals surface area contributed by atoms with Crippen LogP contribution in [-0.2, 0) is 11.3 Å². The molecule has 1 saturated heterocycles. The van der Waals surface area contributed by atoms with Crippen molar-refractivity contribution in [2.75, 3.05) is 20.1 Å². The number of carbonyl (C=O) groups excluding carboxylic acids is 1. The summed E-state index contributed by atoms with van der Waals surface area (Å²) in [7, 11) is 2.08. The van der Waals surface area contributed by atoms with E-state index in [4.69, 9.17) is 4.42 Å². The number of thiophene rings is 1. The van der Waals surface area contributed by atoms with E-state index in [0.29, 0.717) is 18.3 Å². The summed E-state index contributed by atoms with van der Waals surface area (Å²) in [5, 5.41) is 12.8. The van der Waals surface area contributed by atoms with Crippen molar-refractivity contribution in [1.82, 2.24) is 20.4 Å². The van der Waals surface area contributed by atoms with Gasteiger partial charge in [-0.1, -0.05) is 6.07 Å². The molecule has 0 saturated carbocycles. The second-order valence-electron chi connectivity index (χ2n) is 5.27. The van der Waals surface area contributed by atoms with Gasteiger partial charge in [0.05, 0.1) is 11.4 Å². The van der Waals surface area contributed by atoms with Gasteiger partial charge in [0.2, 0.25) is 11.8 Å². The molecule has 3 heterocycles. The third-order valence-corrected chi connectivity index (χ3v) is 4.56. The van der Waals surface area contributed by atoms with Gasteiger partial charge in [0.25, 0.3) is 5.89 Å². The predicted octanol–water partition coefficient (Wildman–Crippen LogP) is 1.76. The molecule has 0 unspecified atom stereocenters. The average Bonchev–Trinajstić information content (AvgIpc) is 3.16. The molecule has 2 aromatic heterocycles. The quantitative estimate of drug-likeness (QED) is 0.932. The Hall–Kier alpha value is -1.73. The lowest BCUT2D eigenvalue weighted by molar-refractivity contribution is -0.126. The Morgan fingerprint density at radius 1 is 1.48 bits per heavy atom. The average molecular weight is 306 g/mol. The van der Waals surface area contributed by atoms with Crippen molar-refractivity contribution in [1.29, 1.82) is 0 Å². The molecule has 0 atom stereocenters. The van der Waals surface area contributed by atoms with E-state index < -0.39 is 0 Å². The van der Waals surface area contributed by atoms with Crippen LogP contribution in [0.15, 0.2) is 21.9 Å². The first-order valence-corrected chi connectivity index (χ1v) is 7.93. The Bertz CT molecular complexity index is 588. The molecule has 0 radical (unpaired) electrons. The van der Waals surface area contributed by atoms with Crippen molar-refractivity contribution in [3.05, 3.63) is 23.4 Å². The van der Waals surface area contributed by atoms with Crippen LogP contribution in [0, 0.1) is 5.92 Å². The number of nitrogens with one attached hydrogen (secondary N) is 1. The number of carbonyl (C=O) groups is 1. The van der Waals surface area contributed by atoms with E-state index in [-0.39, 0.29) is 11.8 Å². The first-order valence-electron chi connectivity index (χ1n) is 7.05. The minimum absolute atomic E-state index is 0.0824. The summed E-state index contributed by atoms with van der Waals surface area (Å²) in [6.07, 6.45) is 1.82. The second-order valence-corrected chi connectivity index (χ2v) is 6.22. The van der Waals surface area contributed by atoms with Crippen molar-refractivity contribution in [3.63, 3.8) is 0 Å². The molecule has 0 bridgehead atoms. The van der Waals surface area contributed by atoms with Gasteiger partial charge in [0.15, 0.2) is 0 Å². The maximum absolute atomic E-state index is 12.1. The zero-order valence-corrected chi connectivity index (χ0v) is 12.7. The molecule has 112 valence electrons. The van der Waals surface area contributed by atoms with E-state index in [0.717, 1.165) is 30.8 Å². The van der Waals surface area contributed by atoms with Crippen LogP contribution in [-0.4, -0.2) is 41.1 Å². The van der Waals surface area contributed by atoms with Gasteiger partial charge in [0.1, 0.15) is 0 Å². The van der Waals surface area contributed by atoms with Gasteiger partial charge >= 0.3 is 0 Å². The van der Waals surface area contributed by atoms with Crippen LogP contribution in [0.25, 0.3) is 10.8 Å². The molecule has 0 aliphatic carbocycles. The van der Waals surface area contributed by atoms with Gasteiger partial charge in [-0.15, -0.1) is 21.5 Å². The summed E-state index contributed by atoms with van der Waals surface area (Å²) in [6.45, 7) is 2.24. The lowest BCUT2D eigenvalue weighted by Crippen LogP contribution is -2.38. The highest BCUT2D eigenvalue weighted by Crippen LogP contribution is 2.23. The molecular weight excluding hydrogens is 288 g/mol. The zero-order valence-electron chi connectivity index (χ0n) is 11.9. The Morgan fingerprint density at radius 3 is 3.00 bits per heavy atom. The lowest BCUT2D eigenvalue weighted by Gasteiger charge is -2.27. The van der Waals surface area contributed by atoms with Crippen molar-refractivity contribution < 1.29 is 9.21 Å². The van der Waals surface area contributed by atoms with Crippen LogP contribution in [0.1, 0.15) is 18.7 Å². The Morgan fingerprint density at radius 2 is 2.29 bits per heavy atom. The summed E-state index contributed by atoms with van der Waals surface area (Å²) >= 11 is 1.55. The smallest absolute Gasteiger partial charge is 0.257 e. The van der Waals surface area contributed by atoms with Crippen molar-refractivity contribution >= 4 is 17.2 Å². The SMILES string of the molecule is CN1CCC(C(=O)NCc2nnc(-c3cccs3)o2)CC1. The van der Waals surface area contributed by atoms with Gasteiger partial charge in [0, 0.05) is 5.92 Å². The summed E-state index contributed by atoms with van der Waals surface area (Å²) in [5.74, 6) is 1.13. The van der Waals surface area contributed by atoms with Crippen LogP contribution in [0.4, 0.5) is 0 Å². The number of hydrogen-bond acceptors (Lipinski definition) is 6. The van der Waals surface area contributed by atoms with Gasteiger partial charge in [-0.3, -0.25) is 4.79 Å². The molecule has 1 amide bonds. The Kier molecular flexibility index (Phi) is 4.31. The molecule has 1 N–H and O–H groups in total. The number of nitrogens with zero attached hydrogens (tertiary/aromatic N) is 3. The molecule has 21 heavy (non-hydrogen) atoms. The number of likely N-dealkylation sites (tertiary alicyclic amines) is 1. The highest BCUT2D eigenvalue weighted by atomic mass is 32.1. The van der Waals surface area contributed by atoms with Gasteiger partial charge in [-0.2, -0.15) is 0 Å². The number of hydrogen-bond donors (Lipinski definition) is 1. The standard InChI is InChI=1S/C14H18N4O2S/c1-18-6-4-10(5-7-18)13(19)15-9-12-16-17-14(20-12)11-3-2-8-21-11/h2-3,8,10H,4-7,9H2,1H3,(H,15,19). The van der Waals surface area contributed by atoms with E-state index in [1.165, 1.54) is 0 Å². The fourth-order valence-corrected chi connectivity index (χ4v) is 3.05. The summed E-state index contributed by atoms with van der Waals surface area (Å²) in [4.78, 5) is 15.3. The van der Waals surface area contributed by atoms with E-state index in [2.05, 4.69) is 27.5 Å². The monoisotopic (exact) mass is 306 g/mol. The van der Waals surface area contributed by atoms with E-state index >= 15 is 0 Å². The second kappa shape index (κ2) is 6.36. The van der Waals surface area contributed by atoms with Crippen LogP contribution < -0.4 is 5.32 Å². The zero-order chi connectivity index (χ0) is 14.7. The summed E-state index contributed by atoms with van der Waals surface area (Å²) in [6, 6.07) is 3.87. The number of aromatic nitrogens is 2. The molecule has 7 heteroatoms. The third kappa shape index (κ3) is 3.48. The normalized spacial score (nSPS) is 17.0. The van der Waals surface area contributed by atoms with Crippen molar-refractivity contribution in [2.45, 2.75) is 19.4 Å². The van der Waals surface area contributed by atoms with E-state index in [1.807, 2.05) is 17.5 Å². The molecular formula is C14H18N4O2S. The fourth-order valence-electron chi connectivity index (χ4n) is 2.40. The molecule has 2 aromatic rings. The van der Waals surface area contributed by atoms with Gasteiger partial charge < -0.3 is 14.6 Å². The number of amides is 1. The first-order chi connectivity index (χ1) is 10.2. The maximum atomic E-state index is 12.1. The van der Waals surface area contributed by atoms with Gasteiger partial charge in [-0.25, -0.2) is 0 Å². The molecule has 1 aliphatic rings. The minimum atomic E-state index is 0.0824. The van der Waals surface area contributed by atoms with Crippen LogP contribution >= 0.6 is 11.3 Å². The van der Waals surface area contributed by atoms with Crippen molar-refractivity contribution in [3.8, 4) is 10.8 Å². The summed E-state index contributed by atoms with van der Waals surface area (Å²) in [5.41, 5.74) is 0. The maximum Gasteiger partial charge on any atom is 0.257 e. The van der Waals surface area contributed by atoms with Crippen LogP contribution in [0.5, 0.6) is 0 Å². The molecule has 1 aliphatic heterocycles. The highest BCUT2D eigenvalue weighted by molar-refractivity contribution is 7.13. The molecule has 0 aromatic carbocycles. The van der Waals surface area contributed by atoms with E-state index in [9.17, 15) is 4.79 Å². The van der Waals surface area contributed by atoms with Crippen molar-refractivity contribution in [2.24, 2.45) is 5.92 Å². The molecule has 6 nitrogen and oxygen atoms in total. The predicted molar refractivity (Wildman–Crippen MR) is 79.7 cm³/mol. The third-order valence-electron chi connectivity index (χ3n) is 3.70. The van der Waals surface area contributed by atoms with Crippen LogP contribution in [0.3, 0.4) is 0 Å². The minimum Gasteiger partial charge on any atom is -0.418 e. The number of piperidine rings is 1. The topological polar surface area (TPSA) is 71.3 Å². The lowest BCUT2D eigenvalue weighted by atomic mass is 9.96. The molecule has 1 fully saturated rings. The first kappa shape index (κ1) is 14.2. The summed E-state index contributed by atoms with van der Waals surface area (Å²) < 4.78 is 5.55. The largest absolute Gasteiger partial charge is 0.418 e. The highest BCUT2D eigenvalue weighted by Gasteiger charge is 2.23. The molecule has 3 rings (SSSR count). The van der Waals surface area contributed by atoms with Gasteiger partial charge in [-0.05, 0) is 44.4 Å². The fraction of sp³-hybridized carbons (Fsp3) is 0.500. The number of rotatable bonds is 4. The Labute approximate surface area is 127 Å². The van der Waals surface area contributed by atoms with E-state index in [1.54, 1.807) is 11.3 Å². The molecule has 0 spiro atoms. The van der Waals surface area contributed by atoms with Crippen LogP contribution in [0.2, 0.25) is 0 Å².